The van der Waals surface area contributed by atoms with E-state index in [0.29, 0.717) is 0 Å². The van der Waals surface area contributed by atoms with Crippen LogP contribution in [0.15, 0.2) is 18.5 Å². The van der Waals surface area contributed by atoms with Crippen LogP contribution >= 0.6 is 0 Å². The van der Waals surface area contributed by atoms with E-state index in [1.165, 1.54) is 0 Å². The topological polar surface area (TPSA) is 51.6 Å². The number of nitrogens with zero attached hydrogens (tertiary/aromatic N) is 1. The highest BCUT2D eigenvalue weighted by atomic mass is 16.7. The second-order valence-electron chi connectivity index (χ2n) is 5.32. The molecule has 1 saturated heterocycles. The quantitative estimate of drug-likeness (QED) is 0.773. The monoisotopic (exact) mass is 235 g/mol. The van der Waals surface area contributed by atoms with Crippen molar-refractivity contribution in [1.29, 1.82) is 0 Å². The molecule has 2 rings (SSSR count). The summed E-state index contributed by atoms with van der Waals surface area (Å²) in [6, 6.07) is 1.78. The zero-order chi connectivity index (χ0) is 12.7. The molecule has 0 atom stereocenters. The molecule has 1 aromatic rings. The van der Waals surface area contributed by atoms with Gasteiger partial charge in [0, 0.05) is 17.9 Å². The standard InChI is InChI=1S/C12H18BNO3/c1-11(2)12(3,4)17-13(16-11)10-7-14-6-5-9(10)8-15/h5-7,15H,8H2,1-4H3. The summed E-state index contributed by atoms with van der Waals surface area (Å²) in [4.78, 5) is 4.06. The Morgan fingerprint density at radius 1 is 1.24 bits per heavy atom. The maximum atomic E-state index is 9.30. The minimum absolute atomic E-state index is 0.0398. The van der Waals surface area contributed by atoms with Crippen LogP contribution in [-0.2, 0) is 15.9 Å². The van der Waals surface area contributed by atoms with E-state index in [-0.39, 0.29) is 17.8 Å². The minimum Gasteiger partial charge on any atom is -0.399 e. The van der Waals surface area contributed by atoms with Gasteiger partial charge in [-0.15, -0.1) is 0 Å². The molecule has 17 heavy (non-hydrogen) atoms. The van der Waals surface area contributed by atoms with Gasteiger partial charge in [-0.1, -0.05) is 0 Å². The molecule has 1 N–H and O–H groups in total. The summed E-state index contributed by atoms with van der Waals surface area (Å²) in [5.41, 5.74) is 0.840. The summed E-state index contributed by atoms with van der Waals surface area (Å²) in [6.45, 7) is 7.97. The fourth-order valence-corrected chi connectivity index (χ4v) is 1.76. The average Bonchev–Trinajstić information content (AvgIpc) is 2.48. The van der Waals surface area contributed by atoms with E-state index in [1.807, 2.05) is 27.7 Å². The summed E-state index contributed by atoms with van der Waals surface area (Å²) in [5.74, 6) is 0. The zero-order valence-corrected chi connectivity index (χ0v) is 10.7. The van der Waals surface area contributed by atoms with E-state index in [0.717, 1.165) is 11.0 Å². The number of hydrogen-bond acceptors (Lipinski definition) is 4. The summed E-state index contributed by atoms with van der Waals surface area (Å²) in [7, 11) is -0.462. The van der Waals surface area contributed by atoms with Crippen LogP contribution in [0.2, 0.25) is 0 Å². The molecule has 0 spiro atoms. The zero-order valence-electron chi connectivity index (χ0n) is 10.7. The van der Waals surface area contributed by atoms with Crippen LogP contribution in [0.3, 0.4) is 0 Å². The van der Waals surface area contributed by atoms with Crippen LogP contribution in [0, 0.1) is 0 Å². The van der Waals surface area contributed by atoms with Gasteiger partial charge in [0.1, 0.15) is 0 Å². The Bertz CT molecular complexity index is 404. The lowest BCUT2D eigenvalue weighted by Gasteiger charge is -2.32. The van der Waals surface area contributed by atoms with E-state index in [9.17, 15) is 5.11 Å². The Hall–Kier alpha value is -0.905. The van der Waals surface area contributed by atoms with Crippen molar-refractivity contribution in [2.45, 2.75) is 45.5 Å². The van der Waals surface area contributed by atoms with Crippen LogP contribution in [0.5, 0.6) is 0 Å². The van der Waals surface area contributed by atoms with E-state index < -0.39 is 7.12 Å². The summed E-state index contributed by atoms with van der Waals surface area (Å²) < 4.78 is 11.8. The first-order valence-corrected chi connectivity index (χ1v) is 5.77. The maximum absolute atomic E-state index is 9.30. The molecule has 0 amide bonds. The largest absolute Gasteiger partial charge is 0.496 e. The number of hydrogen-bond donors (Lipinski definition) is 1. The first kappa shape index (κ1) is 12.5. The van der Waals surface area contributed by atoms with Crippen molar-refractivity contribution in [3.63, 3.8) is 0 Å². The lowest BCUT2D eigenvalue weighted by atomic mass is 9.77. The third-order valence-corrected chi connectivity index (χ3v) is 3.62. The fourth-order valence-electron chi connectivity index (χ4n) is 1.76. The van der Waals surface area contributed by atoms with Gasteiger partial charge in [0.25, 0.3) is 0 Å². The van der Waals surface area contributed by atoms with Gasteiger partial charge in [0.15, 0.2) is 0 Å². The third kappa shape index (κ3) is 2.10. The molecule has 92 valence electrons. The van der Waals surface area contributed by atoms with Crippen LogP contribution in [0.25, 0.3) is 0 Å². The number of aromatic nitrogens is 1. The number of aliphatic hydroxyl groups is 1. The molecule has 1 aliphatic heterocycles. The molecule has 5 heteroatoms. The Kier molecular flexibility index (Phi) is 3.02. The number of rotatable bonds is 2. The molecule has 2 heterocycles. The summed E-state index contributed by atoms with van der Waals surface area (Å²) in [5, 5.41) is 9.30. The number of aliphatic hydroxyl groups excluding tert-OH is 1. The van der Waals surface area contributed by atoms with Crippen LogP contribution < -0.4 is 5.46 Å². The summed E-state index contributed by atoms with van der Waals surface area (Å²) >= 11 is 0. The van der Waals surface area contributed by atoms with Crippen molar-refractivity contribution in [3.8, 4) is 0 Å². The van der Waals surface area contributed by atoms with Crippen molar-refractivity contribution in [1.82, 2.24) is 4.98 Å². The molecule has 0 unspecified atom stereocenters. The number of pyridine rings is 1. The Labute approximate surface area is 102 Å². The molecule has 1 aliphatic rings. The van der Waals surface area contributed by atoms with E-state index in [4.69, 9.17) is 9.31 Å². The van der Waals surface area contributed by atoms with Gasteiger partial charge in [0.2, 0.25) is 0 Å². The second-order valence-corrected chi connectivity index (χ2v) is 5.32. The van der Waals surface area contributed by atoms with Gasteiger partial charge in [0.05, 0.1) is 17.8 Å². The third-order valence-electron chi connectivity index (χ3n) is 3.62. The predicted molar refractivity (Wildman–Crippen MR) is 65.9 cm³/mol. The van der Waals surface area contributed by atoms with E-state index in [1.54, 1.807) is 18.5 Å². The Balaban J connectivity index is 2.32. The first-order valence-electron chi connectivity index (χ1n) is 5.77. The predicted octanol–water partition coefficient (Wildman–Crippen LogP) is 0.873. The summed E-state index contributed by atoms with van der Waals surface area (Å²) in [6.07, 6.45) is 3.34. The van der Waals surface area contributed by atoms with Gasteiger partial charge in [-0.3, -0.25) is 4.98 Å². The molecule has 0 saturated carbocycles. The van der Waals surface area contributed by atoms with Gasteiger partial charge in [-0.2, -0.15) is 0 Å². The Morgan fingerprint density at radius 2 is 1.82 bits per heavy atom. The van der Waals surface area contributed by atoms with Crippen LogP contribution in [0.1, 0.15) is 33.3 Å². The maximum Gasteiger partial charge on any atom is 0.496 e. The lowest BCUT2D eigenvalue weighted by Crippen LogP contribution is -2.41. The molecular formula is C12H18BNO3. The second kappa shape index (κ2) is 4.08. The van der Waals surface area contributed by atoms with Gasteiger partial charge in [-0.05, 0) is 39.3 Å². The highest BCUT2D eigenvalue weighted by Crippen LogP contribution is 2.36. The van der Waals surface area contributed by atoms with Crippen LogP contribution in [-0.4, -0.2) is 28.4 Å². The molecule has 1 aromatic heterocycles. The molecule has 4 nitrogen and oxygen atoms in total. The SMILES string of the molecule is CC1(C)OB(c2cnccc2CO)OC1(C)C. The van der Waals surface area contributed by atoms with Crippen molar-refractivity contribution < 1.29 is 14.4 Å². The molecule has 0 aliphatic carbocycles. The van der Waals surface area contributed by atoms with E-state index in [2.05, 4.69) is 4.98 Å². The molecule has 0 aromatic carbocycles. The van der Waals surface area contributed by atoms with Crippen molar-refractivity contribution in [3.05, 3.63) is 24.0 Å². The van der Waals surface area contributed by atoms with Crippen LogP contribution in [0.4, 0.5) is 0 Å². The normalized spacial score (nSPS) is 21.8. The van der Waals surface area contributed by atoms with Crippen molar-refractivity contribution in [2.24, 2.45) is 0 Å². The van der Waals surface area contributed by atoms with Gasteiger partial charge >= 0.3 is 7.12 Å². The minimum atomic E-state index is -0.462. The van der Waals surface area contributed by atoms with Crippen molar-refractivity contribution in [2.75, 3.05) is 0 Å². The van der Waals surface area contributed by atoms with Gasteiger partial charge < -0.3 is 14.4 Å². The smallest absolute Gasteiger partial charge is 0.399 e. The first-order chi connectivity index (χ1) is 7.87. The molecule has 0 bridgehead atoms. The average molecular weight is 235 g/mol. The highest BCUT2D eigenvalue weighted by Gasteiger charge is 2.52. The highest BCUT2D eigenvalue weighted by molar-refractivity contribution is 6.62. The Morgan fingerprint density at radius 3 is 2.35 bits per heavy atom. The molecular weight excluding hydrogens is 217 g/mol. The van der Waals surface area contributed by atoms with Crippen molar-refractivity contribution >= 4 is 12.6 Å². The fraction of sp³-hybridized carbons (Fsp3) is 0.583. The van der Waals surface area contributed by atoms with E-state index >= 15 is 0 Å². The molecule has 0 radical (unpaired) electrons. The lowest BCUT2D eigenvalue weighted by molar-refractivity contribution is 0.00578. The molecule has 1 fully saturated rings. The van der Waals surface area contributed by atoms with Gasteiger partial charge in [-0.25, -0.2) is 0 Å².